The van der Waals surface area contributed by atoms with Crippen LogP contribution in [0.25, 0.3) is 0 Å². The summed E-state index contributed by atoms with van der Waals surface area (Å²) in [5.41, 5.74) is 1.14. The highest BCUT2D eigenvalue weighted by molar-refractivity contribution is 9.10. The van der Waals surface area contributed by atoms with Crippen LogP contribution in [0.5, 0.6) is 0 Å². The molecular formula is C12H15BrN2O. The van der Waals surface area contributed by atoms with Crippen molar-refractivity contribution in [3.05, 3.63) is 30.1 Å². The maximum Gasteiger partial charge on any atom is 0.236 e. The highest BCUT2D eigenvalue weighted by atomic mass is 79.9. The van der Waals surface area contributed by atoms with E-state index < -0.39 is 0 Å². The van der Waals surface area contributed by atoms with Gasteiger partial charge < -0.3 is 4.90 Å². The predicted octanol–water partition coefficient (Wildman–Crippen LogP) is 2.36. The van der Waals surface area contributed by atoms with Gasteiger partial charge in [-0.1, -0.05) is 15.9 Å². The van der Waals surface area contributed by atoms with Crippen molar-refractivity contribution in [1.82, 2.24) is 9.88 Å². The number of aromatic nitrogens is 1. The Kier molecular flexibility index (Phi) is 3.59. The first-order chi connectivity index (χ1) is 7.68. The molecule has 1 aliphatic rings. The molecule has 0 saturated heterocycles. The Balaban J connectivity index is 2.06. The number of hydrogen-bond acceptors (Lipinski definition) is 2. The van der Waals surface area contributed by atoms with Gasteiger partial charge in [0.05, 0.1) is 4.83 Å². The van der Waals surface area contributed by atoms with Crippen molar-refractivity contribution in [2.75, 3.05) is 0 Å². The Hall–Kier alpha value is -0.900. The topological polar surface area (TPSA) is 33.2 Å². The quantitative estimate of drug-likeness (QED) is 0.795. The lowest BCUT2D eigenvalue weighted by molar-refractivity contribution is -0.131. The van der Waals surface area contributed by atoms with Crippen LogP contribution in [0.1, 0.15) is 25.3 Å². The number of carbonyl (C=O) groups is 1. The molecule has 0 N–H and O–H groups in total. The molecule has 1 heterocycles. The van der Waals surface area contributed by atoms with Gasteiger partial charge in [0.25, 0.3) is 0 Å². The highest BCUT2D eigenvalue weighted by Gasteiger charge is 2.33. The molecule has 3 nitrogen and oxygen atoms in total. The van der Waals surface area contributed by atoms with Gasteiger partial charge in [-0.25, -0.2) is 0 Å². The van der Waals surface area contributed by atoms with Crippen LogP contribution in [-0.2, 0) is 11.3 Å². The first-order valence-electron chi connectivity index (χ1n) is 5.52. The molecule has 1 amide bonds. The van der Waals surface area contributed by atoms with E-state index >= 15 is 0 Å². The fourth-order valence-corrected chi connectivity index (χ4v) is 1.95. The third-order valence-electron chi connectivity index (χ3n) is 2.71. The van der Waals surface area contributed by atoms with Gasteiger partial charge in [0.15, 0.2) is 0 Å². The summed E-state index contributed by atoms with van der Waals surface area (Å²) in [4.78, 5) is 17.8. The Bertz CT molecular complexity index is 363. The zero-order chi connectivity index (χ0) is 11.5. The molecule has 4 heteroatoms. The van der Waals surface area contributed by atoms with Gasteiger partial charge in [0.1, 0.15) is 0 Å². The van der Waals surface area contributed by atoms with E-state index in [1.807, 2.05) is 24.0 Å². The highest BCUT2D eigenvalue weighted by Crippen LogP contribution is 2.29. The van der Waals surface area contributed by atoms with Gasteiger partial charge in [0, 0.05) is 25.0 Å². The first kappa shape index (κ1) is 11.6. The molecule has 1 fully saturated rings. The third-order valence-corrected chi connectivity index (χ3v) is 3.10. The van der Waals surface area contributed by atoms with Gasteiger partial charge in [-0.15, -0.1) is 0 Å². The molecule has 86 valence electrons. The second kappa shape index (κ2) is 4.95. The Morgan fingerprint density at radius 2 is 2.19 bits per heavy atom. The maximum atomic E-state index is 12.0. The van der Waals surface area contributed by atoms with E-state index in [1.165, 1.54) is 0 Å². The molecule has 1 atom stereocenters. The molecular weight excluding hydrogens is 268 g/mol. The fourth-order valence-electron chi connectivity index (χ4n) is 1.69. The standard InChI is InChI=1S/C12H15BrN2O/c1-9(13)12(16)15(11-2-3-11)8-10-4-6-14-7-5-10/h4-7,9,11H,2-3,8H2,1H3. The number of rotatable bonds is 4. The molecule has 1 aromatic rings. The third kappa shape index (κ3) is 2.82. The number of halogens is 1. The number of alkyl halides is 1. The number of carbonyl (C=O) groups excluding carboxylic acids is 1. The molecule has 1 aliphatic carbocycles. The molecule has 16 heavy (non-hydrogen) atoms. The van der Waals surface area contributed by atoms with E-state index in [1.54, 1.807) is 12.4 Å². The lowest BCUT2D eigenvalue weighted by Gasteiger charge is -2.23. The molecule has 0 spiro atoms. The lowest BCUT2D eigenvalue weighted by atomic mass is 10.2. The molecule has 1 unspecified atom stereocenters. The minimum atomic E-state index is -0.102. The van der Waals surface area contributed by atoms with Crippen LogP contribution in [0.2, 0.25) is 0 Å². The number of pyridine rings is 1. The maximum absolute atomic E-state index is 12.0. The smallest absolute Gasteiger partial charge is 0.236 e. The van der Waals surface area contributed by atoms with Crippen molar-refractivity contribution >= 4 is 21.8 Å². The first-order valence-corrected chi connectivity index (χ1v) is 6.43. The van der Waals surface area contributed by atoms with E-state index in [-0.39, 0.29) is 10.7 Å². The van der Waals surface area contributed by atoms with Crippen molar-refractivity contribution in [1.29, 1.82) is 0 Å². The largest absolute Gasteiger partial charge is 0.334 e. The summed E-state index contributed by atoms with van der Waals surface area (Å²) >= 11 is 3.35. The normalized spacial score (nSPS) is 16.9. The Morgan fingerprint density at radius 1 is 1.56 bits per heavy atom. The number of hydrogen-bond donors (Lipinski definition) is 0. The SMILES string of the molecule is CC(Br)C(=O)N(Cc1ccncc1)C1CC1. The zero-order valence-electron chi connectivity index (χ0n) is 9.27. The number of nitrogens with zero attached hydrogens (tertiary/aromatic N) is 2. The summed E-state index contributed by atoms with van der Waals surface area (Å²) in [6.45, 7) is 2.58. The summed E-state index contributed by atoms with van der Waals surface area (Å²) in [6, 6.07) is 4.36. The van der Waals surface area contributed by atoms with Gasteiger partial charge >= 0.3 is 0 Å². The zero-order valence-corrected chi connectivity index (χ0v) is 10.9. The van der Waals surface area contributed by atoms with E-state index in [4.69, 9.17) is 0 Å². The summed E-state index contributed by atoms with van der Waals surface area (Å²) in [6.07, 6.45) is 5.80. The van der Waals surface area contributed by atoms with Gasteiger partial charge in [0.2, 0.25) is 5.91 Å². The summed E-state index contributed by atoms with van der Waals surface area (Å²) in [5, 5.41) is 0. The monoisotopic (exact) mass is 282 g/mol. The molecule has 0 bridgehead atoms. The van der Waals surface area contributed by atoms with E-state index in [9.17, 15) is 4.79 Å². The van der Waals surface area contributed by atoms with E-state index in [0.717, 1.165) is 18.4 Å². The molecule has 0 aromatic carbocycles. The molecule has 1 aromatic heterocycles. The summed E-state index contributed by atoms with van der Waals surface area (Å²) in [5.74, 6) is 0.180. The minimum Gasteiger partial charge on any atom is -0.334 e. The minimum absolute atomic E-state index is 0.102. The fraction of sp³-hybridized carbons (Fsp3) is 0.500. The average Bonchev–Trinajstić information content (AvgIpc) is 3.10. The second-order valence-electron chi connectivity index (χ2n) is 4.17. The van der Waals surface area contributed by atoms with Crippen molar-refractivity contribution < 1.29 is 4.79 Å². The van der Waals surface area contributed by atoms with E-state index in [0.29, 0.717) is 12.6 Å². The van der Waals surface area contributed by atoms with Crippen molar-refractivity contribution in [3.8, 4) is 0 Å². The van der Waals surface area contributed by atoms with Crippen LogP contribution in [-0.4, -0.2) is 26.7 Å². The Morgan fingerprint density at radius 3 is 2.69 bits per heavy atom. The van der Waals surface area contributed by atoms with Gasteiger partial charge in [-0.2, -0.15) is 0 Å². The van der Waals surface area contributed by atoms with Crippen molar-refractivity contribution in [2.45, 2.75) is 37.2 Å². The van der Waals surface area contributed by atoms with Crippen LogP contribution in [0.4, 0.5) is 0 Å². The van der Waals surface area contributed by atoms with Crippen LogP contribution in [0.15, 0.2) is 24.5 Å². The average molecular weight is 283 g/mol. The predicted molar refractivity (Wildman–Crippen MR) is 66.2 cm³/mol. The lowest BCUT2D eigenvalue weighted by Crippen LogP contribution is -2.36. The molecule has 1 saturated carbocycles. The number of amides is 1. The van der Waals surface area contributed by atoms with Crippen LogP contribution in [0, 0.1) is 0 Å². The van der Waals surface area contributed by atoms with E-state index in [2.05, 4.69) is 20.9 Å². The molecule has 0 radical (unpaired) electrons. The van der Waals surface area contributed by atoms with Crippen LogP contribution < -0.4 is 0 Å². The molecule has 2 rings (SSSR count). The Labute approximate surface area is 104 Å². The van der Waals surface area contributed by atoms with Crippen molar-refractivity contribution in [2.24, 2.45) is 0 Å². The van der Waals surface area contributed by atoms with Gasteiger partial charge in [-0.3, -0.25) is 9.78 Å². The van der Waals surface area contributed by atoms with Crippen LogP contribution in [0.3, 0.4) is 0 Å². The van der Waals surface area contributed by atoms with Gasteiger partial charge in [-0.05, 0) is 37.5 Å². The summed E-state index contributed by atoms with van der Waals surface area (Å²) in [7, 11) is 0. The van der Waals surface area contributed by atoms with Crippen LogP contribution >= 0.6 is 15.9 Å². The summed E-state index contributed by atoms with van der Waals surface area (Å²) < 4.78 is 0. The molecule has 0 aliphatic heterocycles. The second-order valence-corrected chi connectivity index (χ2v) is 5.54. The van der Waals surface area contributed by atoms with Crippen molar-refractivity contribution in [3.63, 3.8) is 0 Å².